The fraction of sp³-hybridized carbons (Fsp3) is 0. The first kappa shape index (κ1) is 10.8. The largest absolute Gasteiger partial charge is 1.00 e. The molecule has 0 aromatic carbocycles. The molecule has 2 aromatic heterocycles. The van der Waals surface area contributed by atoms with Crippen molar-refractivity contribution in [3.05, 3.63) is 21.8 Å². The molecule has 0 aliphatic heterocycles. The number of nitrogens with zero attached hydrogens (tertiary/aromatic N) is 1. The molecule has 0 fully saturated rings. The van der Waals surface area contributed by atoms with Crippen LogP contribution in [0, 0.1) is 0 Å². The summed E-state index contributed by atoms with van der Waals surface area (Å²) >= 11 is 6.15. The van der Waals surface area contributed by atoms with Crippen LogP contribution < -0.4 is 56.9 Å². The standard InChI is InChI=1S/C6H4N2OS2.K/c9-4-3-1-2-11-5(3)8-6(10)7-4;/h1-2H,(H2,7,8,9,10);/q;+1/p-1. The first-order valence-corrected chi connectivity index (χ1v) is 4.21. The Morgan fingerprint density at radius 3 is 3.08 bits per heavy atom. The van der Waals surface area contributed by atoms with Gasteiger partial charge < -0.3 is 17.6 Å². The van der Waals surface area contributed by atoms with Gasteiger partial charge in [-0.2, -0.15) is 0 Å². The van der Waals surface area contributed by atoms with Crippen LogP contribution in [0.4, 0.5) is 0 Å². The predicted molar refractivity (Wildman–Crippen MR) is 45.9 cm³/mol. The second-order valence-corrected chi connectivity index (χ2v) is 3.29. The third kappa shape index (κ3) is 1.95. The van der Waals surface area contributed by atoms with E-state index in [1.165, 1.54) is 11.3 Å². The van der Waals surface area contributed by atoms with Gasteiger partial charge in [-0.15, -0.1) is 11.3 Å². The number of hydrogen-bond donors (Lipinski definition) is 1. The van der Waals surface area contributed by atoms with E-state index in [1.54, 1.807) is 6.07 Å². The van der Waals surface area contributed by atoms with Gasteiger partial charge in [0, 0.05) is 0 Å². The van der Waals surface area contributed by atoms with E-state index in [4.69, 9.17) is 12.6 Å². The summed E-state index contributed by atoms with van der Waals surface area (Å²) in [5.41, 5.74) is -0.152. The maximum absolute atomic E-state index is 11.1. The quantitative estimate of drug-likeness (QED) is 0.315. The Bertz CT molecular complexity index is 450. The molecule has 0 atom stereocenters. The number of hydrogen-bond acceptors (Lipinski definition) is 4. The molecule has 0 spiro atoms. The Morgan fingerprint density at radius 1 is 1.58 bits per heavy atom. The molecular formula is C6H3KN2OS2. The average Bonchev–Trinajstić information content (AvgIpc) is 2.34. The Balaban J connectivity index is 0.000000720. The normalized spacial score (nSPS) is 9.67. The van der Waals surface area contributed by atoms with Gasteiger partial charge in [0.2, 0.25) is 0 Å². The van der Waals surface area contributed by atoms with Gasteiger partial charge in [0.25, 0.3) is 5.56 Å². The van der Waals surface area contributed by atoms with Gasteiger partial charge in [0.05, 0.1) is 5.39 Å². The summed E-state index contributed by atoms with van der Waals surface area (Å²) < 4.78 is 0. The van der Waals surface area contributed by atoms with Gasteiger partial charge in [-0.25, -0.2) is 4.98 Å². The monoisotopic (exact) mass is 222 g/mol. The van der Waals surface area contributed by atoms with Gasteiger partial charge in [-0.05, 0) is 16.6 Å². The van der Waals surface area contributed by atoms with E-state index in [1.807, 2.05) is 5.38 Å². The molecule has 0 unspecified atom stereocenters. The number of aromatic nitrogens is 2. The minimum absolute atomic E-state index is 0. The van der Waals surface area contributed by atoms with Crippen molar-refractivity contribution in [2.24, 2.45) is 0 Å². The maximum Gasteiger partial charge on any atom is 1.00 e. The van der Waals surface area contributed by atoms with Crippen molar-refractivity contribution >= 4 is 34.2 Å². The molecule has 0 radical (unpaired) electrons. The topological polar surface area (TPSA) is 45.8 Å². The van der Waals surface area contributed by atoms with E-state index in [0.29, 0.717) is 10.2 Å². The van der Waals surface area contributed by atoms with E-state index in [2.05, 4.69) is 9.97 Å². The van der Waals surface area contributed by atoms with Crippen LogP contribution in [0.3, 0.4) is 0 Å². The van der Waals surface area contributed by atoms with E-state index in [9.17, 15) is 4.79 Å². The van der Waals surface area contributed by atoms with Crippen LogP contribution in [-0.2, 0) is 12.6 Å². The Labute approximate surface area is 120 Å². The SMILES string of the molecule is O=c1[nH]c([S-])nc2sccc12.[K+]. The second kappa shape index (κ2) is 4.27. The van der Waals surface area contributed by atoms with Gasteiger partial charge in [0.1, 0.15) is 4.83 Å². The average molecular weight is 222 g/mol. The number of rotatable bonds is 0. The maximum atomic E-state index is 11.1. The van der Waals surface area contributed by atoms with Crippen molar-refractivity contribution in [2.75, 3.05) is 0 Å². The number of nitrogens with one attached hydrogen (secondary N) is 1. The van der Waals surface area contributed by atoms with Crippen LogP contribution in [0.15, 0.2) is 21.4 Å². The molecule has 0 saturated carbocycles. The van der Waals surface area contributed by atoms with Gasteiger partial charge in [-0.3, -0.25) is 4.79 Å². The van der Waals surface area contributed by atoms with Crippen LogP contribution in [0.1, 0.15) is 0 Å². The number of fused-ring (bicyclic) bond motifs is 1. The molecular weight excluding hydrogens is 219 g/mol. The van der Waals surface area contributed by atoms with Gasteiger partial charge in [0.15, 0.2) is 0 Å². The van der Waals surface area contributed by atoms with Crippen molar-refractivity contribution in [3.8, 4) is 0 Å². The molecule has 2 aromatic rings. The summed E-state index contributed by atoms with van der Waals surface area (Å²) in [6, 6.07) is 1.74. The van der Waals surface area contributed by atoms with Crippen LogP contribution in [0.25, 0.3) is 10.2 Å². The zero-order chi connectivity index (χ0) is 7.84. The Kier molecular flexibility index (Phi) is 3.84. The molecule has 0 aliphatic rings. The van der Waals surface area contributed by atoms with Crippen molar-refractivity contribution in [1.82, 2.24) is 9.97 Å². The third-order valence-electron chi connectivity index (χ3n) is 1.31. The van der Waals surface area contributed by atoms with Crippen molar-refractivity contribution < 1.29 is 51.4 Å². The second-order valence-electron chi connectivity index (χ2n) is 2.01. The van der Waals surface area contributed by atoms with Crippen molar-refractivity contribution in [3.63, 3.8) is 0 Å². The summed E-state index contributed by atoms with van der Waals surface area (Å²) in [6.45, 7) is 0. The van der Waals surface area contributed by atoms with Crippen LogP contribution in [0.5, 0.6) is 0 Å². The molecule has 0 amide bonds. The van der Waals surface area contributed by atoms with Gasteiger partial charge in [-0.1, -0.05) is 0 Å². The molecule has 0 saturated heterocycles. The molecule has 0 bridgehead atoms. The molecule has 0 aliphatic carbocycles. The first-order chi connectivity index (χ1) is 5.27. The minimum Gasteiger partial charge on any atom is -0.742 e. The van der Waals surface area contributed by atoms with Crippen LogP contribution in [-0.4, -0.2) is 9.97 Å². The molecule has 6 heteroatoms. The fourth-order valence-electron chi connectivity index (χ4n) is 0.845. The van der Waals surface area contributed by atoms with Crippen LogP contribution >= 0.6 is 11.3 Å². The Hall–Kier alpha value is 0.696. The van der Waals surface area contributed by atoms with E-state index >= 15 is 0 Å². The van der Waals surface area contributed by atoms with E-state index < -0.39 is 0 Å². The zero-order valence-corrected chi connectivity index (χ0v) is 11.1. The summed E-state index contributed by atoms with van der Waals surface area (Å²) in [7, 11) is 0. The molecule has 56 valence electrons. The summed E-state index contributed by atoms with van der Waals surface area (Å²) in [5.74, 6) is 0. The molecule has 12 heavy (non-hydrogen) atoms. The van der Waals surface area contributed by atoms with E-state index in [-0.39, 0.29) is 62.1 Å². The number of aromatic amines is 1. The first-order valence-electron chi connectivity index (χ1n) is 2.92. The smallest absolute Gasteiger partial charge is 0.742 e. The summed E-state index contributed by atoms with van der Waals surface area (Å²) in [5, 5.41) is 2.69. The molecule has 2 heterocycles. The van der Waals surface area contributed by atoms with Crippen molar-refractivity contribution in [1.29, 1.82) is 0 Å². The molecule has 2 rings (SSSR count). The minimum atomic E-state index is -0.152. The summed E-state index contributed by atoms with van der Waals surface area (Å²) in [4.78, 5) is 18.2. The third-order valence-corrected chi connectivity index (χ3v) is 2.31. The van der Waals surface area contributed by atoms with Crippen LogP contribution in [0.2, 0.25) is 0 Å². The molecule has 1 N–H and O–H groups in total. The predicted octanol–water partition coefficient (Wildman–Crippen LogP) is -2.11. The van der Waals surface area contributed by atoms with E-state index in [0.717, 1.165) is 0 Å². The zero-order valence-electron chi connectivity index (χ0n) is 6.33. The summed E-state index contributed by atoms with van der Waals surface area (Å²) in [6.07, 6.45) is 0. The van der Waals surface area contributed by atoms with Gasteiger partial charge >= 0.3 is 51.4 Å². The Morgan fingerprint density at radius 2 is 2.33 bits per heavy atom. The number of H-pyrrole nitrogens is 1. The molecule has 3 nitrogen and oxygen atoms in total. The van der Waals surface area contributed by atoms with Crippen molar-refractivity contribution in [2.45, 2.75) is 5.16 Å². The number of thiophene rings is 1. The fourth-order valence-corrected chi connectivity index (χ4v) is 1.85.